The van der Waals surface area contributed by atoms with E-state index < -0.39 is 41.5 Å². The highest BCUT2D eigenvalue weighted by Gasteiger charge is 2.16. The average molecular weight is 375 g/mol. The van der Waals surface area contributed by atoms with Crippen molar-refractivity contribution in [2.45, 2.75) is 0 Å². The Morgan fingerprint density at radius 1 is 1.00 bits per heavy atom. The molecule has 0 atom stereocenters. The molecule has 2 N–H and O–H groups in total. The van der Waals surface area contributed by atoms with Crippen molar-refractivity contribution in [3.63, 3.8) is 0 Å². The summed E-state index contributed by atoms with van der Waals surface area (Å²) in [6.07, 6.45) is 1.22. The van der Waals surface area contributed by atoms with E-state index in [2.05, 4.69) is 15.5 Å². The highest BCUT2D eigenvalue weighted by Crippen LogP contribution is 2.19. The molecule has 0 aliphatic rings. The number of benzene rings is 2. The average Bonchev–Trinajstić information content (AvgIpc) is 3.18. The summed E-state index contributed by atoms with van der Waals surface area (Å²) in [5.74, 6) is -6.11. The van der Waals surface area contributed by atoms with Gasteiger partial charge in [0.2, 0.25) is 5.91 Å². The van der Waals surface area contributed by atoms with Crippen LogP contribution < -0.4 is 10.6 Å². The van der Waals surface area contributed by atoms with E-state index in [1.165, 1.54) is 11.0 Å². The Hall–Kier alpha value is -3.69. The number of rotatable bonds is 5. The monoisotopic (exact) mass is 375 g/mol. The van der Waals surface area contributed by atoms with Gasteiger partial charge in [-0.25, -0.2) is 13.2 Å². The standard InChI is InChI=1S/C17H12F3N5O2/c18-11-6-7-12(16(20)15(11)19)23-14(26)9-21-17(27)13-8-22-25(24-13)10-4-2-1-3-5-10/h1-8H,9H2,(H,21,27)(H,23,26). The van der Waals surface area contributed by atoms with Crippen LogP contribution in [0.15, 0.2) is 48.7 Å². The van der Waals surface area contributed by atoms with Crippen molar-refractivity contribution < 1.29 is 22.8 Å². The lowest BCUT2D eigenvalue weighted by Gasteiger charge is -2.07. The first-order valence-corrected chi connectivity index (χ1v) is 7.65. The van der Waals surface area contributed by atoms with Crippen LogP contribution in [0.4, 0.5) is 18.9 Å². The van der Waals surface area contributed by atoms with Gasteiger partial charge in [-0.05, 0) is 24.3 Å². The number of hydrogen-bond donors (Lipinski definition) is 2. The van der Waals surface area contributed by atoms with E-state index in [1.54, 1.807) is 24.3 Å². The summed E-state index contributed by atoms with van der Waals surface area (Å²) < 4.78 is 39.5. The van der Waals surface area contributed by atoms with E-state index in [-0.39, 0.29) is 5.69 Å². The summed E-state index contributed by atoms with van der Waals surface area (Å²) in [4.78, 5) is 25.0. The van der Waals surface area contributed by atoms with Gasteiger partial charge in [0.15, 0.2) is 23.1 Å². The van der Waals surface area contributed by atoms with Crippen molar-refractivity contribution in [1.29, 1.82) is 0 Å². The van der Waals surface area contributed by atoms with Crippen molar-refractivity contribution in [2.24, 2.45) is 0 Å². The van der Waals surface area contributed by atoms with Crippen molar-refractivity contribution in [3.05, 3.63) is 71.8 Å². The zero-order valence-corrected chi connectivity index (χ0v) is 13.6. The second-order valence-electron chi connectivity index (χ2n) is 5.31. The molecule has 0 fully saturated rings. The molecule has 3 rings (SSSR count). The minimum atomic E-state index is -1.70. The third-order valence-corrected chi connectivity index (χ3v) is 3.43. The fraction of sp³-hybridized carbons (Fsp3) is 0.0588. The summed E-state index contributed by atoms with van der Waals surface area (Å²) in [5, 5.41) is 12.2. The van der Waals surface area contributed by atoms with Gasteiger partial charge < -0.3 is 10.6 Å². The summed E-state index contributed by atoms with van der Waals surface area (Å²) in [6.45, 7) is -0.532. The SMILES string of the molecule is O=C(CNC(=O)c1cnn(-c2ccccc2)n1)Nc1ccc(F)c(F)c1F. The first kappa shape index (κ1) is 18.1. The number of carbonyl (C=O) groups is 2. The van der Waals surface area contributed by atoms with E-state index in [4.69, 9.17) is 0 Å². The largest absolute Gasteiger partial charge is 0.342 e. The number of nitrogens with zero attached hydrogens (tertiary/aromatic N) is 3. The Labute approximate surface area is 150 Å². The minimum Gasteiger partial charge on any atom is -0.342 e. The lowest BCUT2D eigenvalue weighted by molar-refractivity contribution is -0.115. The number of aromatic nitrogens is 3. The van der Waals surface area contributed by atoms with Crippen molar-refractivity contribution in [1.82, 2.24) is 20.3 Å². The highest BCUT2D eigenvalue weighted by molar-refractivity contribution is 5.98. The Balaban J connectivity index is 1.59. The van der Waals surface area contributed by atoms with E-state index in [0.717, 1.165) is 6.07 Å². The summed E-state index contributed by atoms with van der Waals surface area (Å²) in [7, 11) is 0. The number of anilines is 1. The Kier molecular flexibility index (Phi) is 5.15. The number of hydrogen-bond acceptors (Lipinski definition) is 4. The van der Waals surface area contributed by atoms with Crippen LogP contribution in [0, 0.1) is 17.5 Å². The Bertz CT molecular complexity index is 991. The van der Waals surface area contributed by atoms with Gasteiger partial charge >= 0.3 is 0 Å². The highest BCUT2D eigenvalue weighted by atomic mass is 19.2. The molecule has 1 heterocycles. The van der Waals surface area contributed by atoms with Crippen LogP contribution >= 0.6 is 0 Å². The van der Waals surface area contributed by atoms with Crippen LogP contribution in [0.3, 0.4) is 0 Å². The first-order valence-electron chi connectivity index (χ1n) is 7.65. The maximum Gasteiger partial charge on any atom is 0.273 e. The maximum atomic E-state index is 13.5. The maximum absolute atomic E-state index is 13.5. The van der Waals surface area contributed by atoms with Gasteiger partial charge in [0.25, 0.3) is 5.91 Å². The topological polar surface area (TPSA) is 88.9 Å². The number of amides is 2. The summed E-state index contributed by atoms with van der Waals surface area (Å²) >= 11 is 0. The number of halogens is 3. The molecule has 1 aromatic heterocycles. The molecule has 3 aromatic rings. The lowest BCUT2D eigenvalue weighted by atomic mass is 10.2. The lowest BCUT2D eigenvalue weighted by Crippen LogP contribution is -2.33. The van der Waals surface area contributed by atoms with Gasteiger partial charge in [-0.1, -0.05) is 18.2 Å². The summed E-state index contributed by atoms with van der Waals surface area (Å²) in [6, 6.07) is 10.4. The second kappa shape index (κ2) is 7.68. The van der Waals surface area contributed by atoms with Crippen LogP contribution in [0.25, 0.3) is 5.69 Å². The zero-order valence-electron chi connectivity index (χ0n) is 13.6. The van der Waals surface area contributed by atoms with Crippen molar-refractivity contribution in [2.75, 3.05) is 11.9 Å². The molecule has 138 valence electrons. The van der Waals surface area contributed by atoms with Gasteiger partial charge in [0, 0.05) is 0 Å². The van der Waals surface area contributed by atoms with E-state index in [9.17, 15) is 22.8 Å². The van der Waals surface area contributed by atoms with Crippen LogP contribution in [0.2, 0.25) is 0 Å². The second-order valence-corrected chi connectivity index (χ2v) is 5.31. The zero-order chi connectivity index (χ0) is 19.4. The normalized spacial score (nSPS) is 10.5. The van der Waals surface area contributed by atoms with E-state index in [0.29, 0.717) is 11.8 Å². The molecule has 2 amide bonds. The molecule has 0 saturated carbocycles. The molecule has 0 bridgehead atoms. The molecule has 0 radical (unpaired) electrons. The number of para-hydroxylation sites is 1. The molecule has 0 aliphatic carbocycles. The fourth-order valence-corrected chi connectivity index (χ4v) is 2.12. The molecular weight excluding hydrogens is 363 g/mol. The van der Waals surface area contributed by atoms with Crippen molar-refractivity contribution in [3.8, 4) is 5.69 Å². The van der Waals surface area contributed by atoms with Gasteiger partial charge in [-0.15, -0.1) is 5.10 Å². The third-order valence-electron chi connectivity index (χ3n) is 3.43. The minimum absolute atomic E-state index is 0.0364. The van der Waals surface area contributed by atoms with E-state index in [1.807, 2.05) is 11.4 Å². The molecule has 0 spiro atoms. The third kappa shape index (κ3) is 4.11. The molecule has 27 heavy (non-hydrogen) atoms. The molecule has 0 unspecified atom stereocenters. The quantitative estimate of drug-likeness (QED) is 0.668. The first-order chi connectivity index (χ1) is 13.0. The molecule has 10 heteroatoms. The molecule has 0 aliphatic heterocycles. The Morgan fingerprint density at radius 3 is 2.48 bits per heavy atom. The van der Waals surface area contributed by atoms with Crippen LogP contribution in [0.1, 0.15) is 10.5 Å². The predicted molar refractivity (Wildman–Crippen MR) is 88.6 cm³/mol. The van der Waals surface area contributed by atoms with Crippen LogP contribution in [0.5, 0.6) is 0 Å². The Morgan fingerprint density at radius 2 is 1.74 bits per heavy atom. The molecule has 2 aromatic carbocycles. The molecule has 0 saturated heterocycles. The van der Waals surface area contributed by atoms with Crippen LogP contribution in [-0.4, -0.2) is 33.4 Å². The van der Waals surface area contributed by atoms with Gasteiger partial charge in [-0.2, -0.15) is 9.90 Å². The van der Waals surface area contributed by atoms with Gasteiger partial charge in [0.05, 0.1) is 24.1 Å². The molecule has 7 nitrogen and oxygen atoms in total. The number of nitrogens with one attached hydrogen (secondary N) is 2. The fourth-order valence-electron chi connectivity index (χ4n) is 2.12. The van der Waals surface area contributed by atoms with Crippen LogP contribution in [-0.2, 0) is 4.79 Å². The summed E-state index contributed by atoms with van der Waals surface area (Å²) in [5.41, 5.74) is 0.0666. The predicted octanol–water partition coefficient (Wildman–Crippen LogP) is 2.05. The van der Waals surface area contributed by atoms with E-state index >= 15 is 0 Å². The molecular formula is C17H12F3N5O2. The van der Waals surface area contributed by atoms with Crippen molar-refractivity contribution >= 4 is 17.5 Å². The van der Waals surface area contributed by atoms with Gasteiger partial charge in [0.1, 0.15) is 0 Å². The number of carbonyl (C=O) groups excluding carboxylic acids is 2. The van der Waals surface area contributed by atoms with Gasteiger partial charge in [-0.3, -0.25) is 9.59 Å². The smallest absolute Gasteiger partial charge is 0.273 e.